The Morgan fingerprint density at radius 1 is 1.06 bits per heavy atom. The Labute approximate surface area is 215 Å². The van der Waals surface area contributed by atoms with Gasteiger partial charge in [0.15, 0.2) is 0 Å². The molecule has 182 valence electrons. The molecule has 3 aromatic rings. The summed E-state index contributed by atoms with van der Waals surface area (Å²) in [5.74, 6) is -0.0204. The molecule has 0 fully saturated rings. The number of nitrogens with two attached hydrogens (primary N) is 1. The number of rotatable bonds is 7. The fourth-order valence-electron chi connectivity index (χ4n) is 3.97. The van der Waals surface area contributed by atoms with Crippen molar-refractivity contribution in [2.24, 2.45) is 0 Å². The molecule has 0 radical (unpaired) electrons. The monoisotopic (exact) mass is 524 g/mol. The summed E-state index contributed by atoms with van der Waals surface area (Å²) in [6, 6.07) is 18.0. The molecule has 0 spiro atoms. The van der Waals surface area contributed by atoms with Crippen molar-refractivity contribution < 1.29 is 19.7 Å². The second-order valence-corrected chi connectivity index (χ2v) is 8.44. The van der Waals surface area contributed by atoms with Crippen LogP contribution in [0.3, 0.4) is 0 Å². The van der Waals surface area contributed by atoms with Gasteiger partial charge in [-0.05, 0) is 78.4 Å². The minimum absolute atomic E-state index is 0. The van der Waals surface area contributed by atoms with Gasteiger partial charge in [0.05, 0.1) is 11.7 Å². The van der Waals surface area contributed by atoms with E-state index in [0.29, 0.717) is 23.1 Å². The summed E-state index contributed by atoms with van der Waals surface area (Å²) >= 11 is 5.92. The third kappa shape index (κ3) is 6.78. The zero-order valence-electron chi connectivity index (χ0n) is 18.2. The first-order chi connectivity index (χ1) is 15.4. The van der Waals surface area contributed by atoms with Crippen LogP contribution in [0.4, 0.5) is 5.69 Å². The van der Waals surface area contributed by atoms with E-state index in [4.69, 9.17) is 22.1 Å². The van der Waals surface area contributed by atoms with E-state index in [1.54, 1.807) is 18.2 Å². The van der Waals surface area contributed by atoms with E-state index in [1.165, 1.54) is 23.3 Å². The van der Waals surface area contributed by atoms with Gasteiger partial charge in [-0.3, -0.25) is 0 Å². The molecule has 4 rings (SSSR count). The number of aliphatic hydroxyl groups excluding tert-OH is 1. The molecule has 3 aromatic carbocycles. The van der Waals surface area contributed by atoms with Crippen LogP contribution in [0.25, 0.3) is 0 Å². The van der Waals surface area contributed by atoms with Crippen molar-refractivity contribution in [3.8, 4) is 11.5 Å². The lowest BCUT2D eigenvalue weighted by Crippen LogP contribution is -2.37. The molecule has 0 unspecified atom stereocenters. The highest BCUT2D eigenvalue weighted by Gasteiger charge is 2.20. The summed E-state index contributed by atoms with van der Waals surface area (Å²) in [4.78, 5) is 11.3. The van der Waals surface area contributed by atoms with Crippen LogP contribution in [0.1, 0.15) is 39.6 Å². The Kier molecular flexibility index (Phi) is 10.0. The van der Waals surface area contributed by atoms with Gasteiger partial charge in [-0.15, -0.1) is 24.8 Å². The van der Waals surface area contributed by atoms with Crippen LogP contribution < -0.4 is 15.8 Å². The van der Waals surface area contributed by atoms with Crippen LogP contribution in [-0.2, 0) is 12.8 Å². The number of aryl methyl sites for hydroxylation is 1. The van der Waals surface area contributed by atoms with Crippen LogP contribution in [0.2, 0.25) is 5.02 Å². The average Bonchev–Trinajstić information content (AvgIpc) is 2.78. The average molecular weight is 526 g/mol. The highest BCUT2D eigenvalue weighted by atomic mass is 35.5. The van der Waals surface area contributed by atoms with Crippen LogP contribution >= 0.6 is 36.4 Å². The van der Waals surface area contributed by atoms with Crippen LogP contribution in [0, 0.1) is 0 Å². The third-order valence-corrected chi connectivity index (χ3v) is 6.00. The molecule has 34 heavy (non-hydrogen) atoms. The molecule has 0 heterocycles. The maximum atomic E-state index is 11.3. The molecular formula is C25H27Cl3N2O4. The molecule has 1 aliphatic rings. The number of nitrogens with one attached hydrogen (secondary N) is 1. The number of carboxylic acid groups (broad SMARTS) is 1. The van der Waals surface area contributed by atoms with Crippen molar-refractivity contribution in [2.75, 3.05) is 12.3 Å². The first kappa shape index (κ1) is 27.8. The second-order valence-electron chi connectivity index (χ2n) is 8.00. The number of hydrogen-bond acceptors (Lipinski definition) is 5. The summed E-state index contributed by atoms with van der Waals surface area (Å²) in [6.07, 6.45) is 2.15. The highest BCUT2D eigenvalue weighted by Crippen LogP contribution is 2.30. The lowest BCUT2D eigenvalue weighted by molar-refractivity contribution is 0.0697. The van der Waals surface area contributed by atoms with E-state index in [2.05, 4.69) is 11.4 Å². The van der Waals surface area contributed by atoms with E-state index in [9.17, 15) is 15.0 Å². The Morgan fingerprint density at radius 2 is 1.74 bits per heavy atom. The number of aromatic carboxylic acids is 1. The van der Waals surface area contributed by atoms with E-state index < -0.39 is 12.1 Å². The number of halogens is 3. The van der Waals surface area contributed by atoms with Gasteiger partial charge < -0.3 is 26.0 Å². The smallest absolute Gasteiger partial charge is 0.337 e. The van der Waals surface area contributed by atoms with Gasteiger partial charge in [-0.1, -0.05) is 29.8 Å². The van der Waals surface area contributed by atoms with Gasteiger partial charge in [0.25, 0.3) is 0 Å². The summed E-state index contributed by atoms with van der Waals surface area (Å²) in [5.41, 5.74) is 9.22. The molecule has 0 aliphatic heterocycles. The molecule has 9 heteroatoms. The standard InChI is InChI=1S/C25H25ClN2O4.2ClH/c26-18-5-1-16(2-6-18)24(29)14-28-19-7-3-15-4-8-20(12-17(15)11-19)32-21-9-10-23(27)22(13-21)25(30)31;;/h1-2,4-6,8-10,12-13,19,24,28-29H,3,7,11,14,27H2,(H,30,31);2*1H/t19-,24+;;/m0../s1. The number of nitrogen functional groups attached to an aromatic ring is 1. The van der Waals surface area contributed by atoms with Crippen LogP contribution in [0.15, 0.2) is 60.7 Å². The van der Waals surface area contributed by atoms with Gasteiger partial charge in [0.2, 0.25) is 0 Å². The van der Waals surface area contributed by atoms with Crippen molar-refractivity contribution in [1.29, 1.82) is 0 Å². The Balaban J connectivity index is 0.00000204. The number of benzene rings is 3. The molecule has 1 aliphatic carbocycles. The minimum atomic E-state index is -1.09. The summed E-state index contributed by atoms with van der Waals surface area (Å²) < 4.78 is 5.90. The number of ether oxygens (including phenoxy) is 1. The molecule has 0 amide bonds. The van der Waals surface area contributed by atoms with Crippen LogP contribution in [0.5, 0.6) is 11.5 Å². The number of carboxylic acids is 1. The van der Waals surface area contributed by atoms with E-state index in [0.717, 1.165) is 24.8 Å². The highest BCUT2D eigenvalue weighted by molar-refractivity contribution is 6.30. The van der Waals surface area contributed by atoms with Crippen molar-refractivity contribution in [3.05, 3.63) is 87.9 Å². The molecule has 0 saturated heterocycles. The zero-order chi connectivity index (χ0) is 22.7. The van der Waals surface area contributed by atoms with E-state index >= 15 is 0 Å². The largest absolute Gasteiger partial charge is 0.478 e. The number of hydrogen-bond donors (Lipinski definition) is 4. The first-order valence-electron chi connectivity index (χ1n) is 10.5. The van der Waals surface area contributed by atoms with Crippen molar-refractivity contribution in [2.45, 2.75) is 31.4 Å². The summed E-state index contributed by atoms with van der Waals surface area (Å²) in [5, 5.41) is 23.8. The van der Waals surface area contributed by atoms with Gasteiger partial charge in [0.1, 0.15) is 11.5 Å². The topological polar surface area (TPSA) is 105 Å². The van der Waals surface area contributed by atoms with Crippen molar-refractivity contribution >= 4 is 48.1 Å². The van der Waals surface area contributed by atoms with Gasteiger partial charge >= 0.3 is 5.97 Å². The van der Waals surface area contributed by atoms with Gasteiger partial charge in [-0.25, -0.2) is 4.79 Å². The predicted octanol–water partition coefficient (Wildman–Crippen LogP) is 5.44. The predicted molar refractivity (Wildman–Crippen MR) is 139 cm³/mol. The number of aliphatic hydroxyl groups is 1. The fourth-order valence-corrected chi connectivity index (χ4v) is 4.10. The fraction of sp³-hybridized carbons (Fsp3) is 0.240. The van der Waals surface area contributed by atoms with E-state index in [-0.39, 0.29) is 42.1 Å². The lowest BCUT2D eigenvalue weighted by atomic mass is 9.88. The SMILES string of the molecule is Cl.Cl.Nc1ccc(Oc2ccc3c(c2)C[C@@H](NC[C@@H](O)c2ccc(Cl)cc2)CC3)cc1C(=O)O. The first-order valence-corrected chi connectivity index (χ1v) is 10.9. The molecular weight excluding hydrogens is 499 g/mol. The molecule has 0 aromatic heterocycles. The number of anilines is 1. The quantitative estimate of drug-likeness (QED) is 0.306. The molecule has 2 atom stereocenters. The normalized spacial score (nSPS) is 15.3. The van der Waals surface area contributed by atoms with E-state index in [1.807, 2.05) is 24.3 Å². The summed E-state index contributed by atoms with van der Waals surface area (Å²) in [7, 11) is 0. The Bertz CT molecular complexity index is 1130. The third-order valence-electron chi connectivity index (χ3n) is 5.75. The number of carbonyl (C=O) groups is 1. The van der Waals surface area contributed by atoms with Gasteiger partial charge in [0, 0.05) is 23.3 Å². The Morgan fingerprint density at radius 3 is 2.44 bits per heavy atom. The molecule has 6 nitrogen and oxygen atoms in total. The van der Waals surface area contributed by atoms with Crippen molar-refractivity contribution in [1.82, 2.24) is 5.32 Å². The molecule has 5 N–H and O–H groups in total. The molecule has 0 saturated carbocycles. The minimum Gasteiger partial charge on any atom is -0.478 e. The van der Waals surface area contributed by atoms with Crippen LogP contribution in [-0.4, -0.2) is 28.8 Å². The zero-order valence-corrected chi connectivity index (χ0v) is 20.6. The lowest BCUT2D eigenvalue weighted by Gasteiger charge is -2.27. The number of fused-ring (bicyclic) bond motifs is 1. The van der Waals surface area contributed by atoms with Crippen molar-refractivity contribution in [3.63, 3.8) is 0 Å². The maximum absolute atomic E-state index is 11.3. The second kappa shape index (κ2) is 12.3. The van der Waals surface area contributed by atoms with Gasteiger partial charge in [-0.2, -0.15) is 0 Å². The molecule has 0 bridgehead atoms. The maximum Gasteiger partial charge on any atom is 0.337 e. The Hall–Kier alpha value is -2.48. The summed E-state index contributed by atoms with van der Waals surface area (Å²) in [6.45, 7) is 0.460.